The number of pyridine rings is 1. The number of methoxy groups -OCH3 is 1. The maximum atomic E-state index is 5.39. The fraction of sp³-hybridized carbons (Fsp3) is 0.615. The molecule has 0 fully saturated rings. The van der Waals surface area contributed by atoms with Crippen molar-refractivity contribution in [2.24, 2.45) is 0 Å². The zero-order chi connectivity index (χ0) is 12.0. The molecule has 3 heteroatoms. The summed E-state index contributed by atoms with van der Waals surface area (Å²) in [4.78, 5) is 4.45. The summed E-state index contributed by atoms with van der Waals surface area (Å²) >= 11 is 0. The number of nitrogens with zero attached hydrogens (tertiary/aromatic N) is 1. The second kappa shape index (κ2) is 6.04. The van der Waals surface area contributed by atoms with Crippen LogP contribution in [0.1, 0.15) is 32.9 Å². The van der Waals surface area contributed by atoms with Gasteiger partial charge in [0.05, 0.1) is 5.60 Å². The normalized spacial score (nSPS) is 11.5. The van der Waals surface area contributed by atoms with Gasteiger partial charge >= 0.3 is 0 Å². The predicted octanol–water partition coefficient (Wildman–Crippen LogP) is 2.21. The standard InChI is InChI=1S/C13H21BNO/c1-5-8-14-11-6-7-12(15-10-11)9-13(2,3)16-4/h6-7,10H,5,8-9H2,1-4H3. The SMILES string of the molecule is CCC[B]c1ccc(CC(C)(C)OC)nc1. The molecule has 16 heavy (non-hydrogen) atoms. The first-order valence-electron chi connectivity index (χ1n) is 5.90. The molecular formula is C13H21BNO. The van der Waals surface area contributed by atoms with Crippen molar-refractivity contribution in [1.82, 2.24) is 4.98 Å². The van der Waals surface area contributed by atoms with E-state index in [9.17, 15) is 0 Å². The average molecular weight is 218 g/mol. The molecule has 0 aliphatic rings. The van der Waals surface area contributed by atoms with E-state index >= 15 is 0 Å². The van der Waals surface area contributed by atoms with E-state index in [1.54, 1.807) is 7.11 Å². The van der Waals surface area contributed by atoms with Crippen molar-refractivity contribution < 1.29 is 4.74 Å². The summed E-state index contributed by atoms with van der Waals surface area (Å²) in [6.07, 6.45) is 5.08. The van der Waals surface area contributed by atoms with Gasteiger partial charge in [-0.2, -0.15) is 0 Å². The van der Waals surface area contributed by atoms with Crippen molar-refractivity contribution >= 4 is 12.7 Å². The van der Waals surface area contributed by atoms with Gasteiger partial charge in [0.25, 0.3) is 0 Å². The monoisotopic (exact) mass is 218 g/mol. The van der Waals surface area contributed by atoms with Crippen LogP contribution in [-0.2, 0) is 11.2 Å². The molecule has 1 radical (unpaired) electrons. The van der Waals surface area contributed by atoms with E-state index in [-0.39, 0.29) is 5.60 Å². The van der Waals surface area contributed by atoms with Gasteiger partial charge < -0.3 is 4.74 Å². The second-order valence-electron chi connectivity index (χ2n) is 4.72. The molecule has 0 saturated carbocycles. The Morgan fingerprint density at radius 1 is 1.38 bits per heavy atom. The third-order valence-corrected chi connectivity index (χ3v) is 2.68. The van der Waals surface area contributed by atoms with E-state index in [0.29, 0.717) is 0 Å². The van der Waals surface area contributed by atoms with Crippen LogP contribution in [0.5, 0.6) is 0 Å². The molecule has 0 saturated heterocycles. The first-order chi connectivity index (χ1) is 7.57. The van der Waals surface area contributed by atoms with E-state index in [4.69, 9.17) is 4.74 Å². The maximum absolute atomic E-state index is 5.39. The molecule has 87 valence electrons. The Balaban J connectivity index is 2.57. The highest BCUT2D eigenvalue weighted by atomic mass is 16.5. The molecule has 1 aromatic heterocycles. The minimum Gasteiger partial charge on any atom is -0.378 e. The zero-order valence-corrected chi connectivity index (χ0v) is 10.8. The van der Waals surface area contributed by atoms with Crippen molar-refractivity contribution in [3.05, 3.63) is 24.0 Å². The van der Waals surface area contributed by atoms with Crippen LogP contribution in [0.2, 0.25) is 6.32 Å². The summed E-state index contributed by atoms with van der Waals surface area (Å²) in [7, 11) is 3.96. The van der Waals surface area contributed by atoms with Crippen LogP contribution < -0.4 is 5.46 Å². The van der Waals surface area contributed by atoms with Gasteiger partial charge in [-0.15, -0.1) is 0 Å². The lowest BCUT2D eigenvalue weighted by Gasteiger charge is -2.22. The Kier molecular flexibility index (Phi) is 5.00. The lowest BCUT2D eigenvalue weighted by molar-refractivity contribution is 0.0224. The Morgan fingerprint density at radius 2 is 2.12 bits per heavy atom. The van der Waals surface area contributed by atoms with Crippen LogP contribution in [-0.4, -0.2) is 25.0 Å². The van der Waals surface area contributed by atoms with Crippen molar-refractivity contribution in [2.45, 2.75) is 45.5 Å². The Bertz CT molecular complexity index is 308. The van der Waals surface area contributed by atoms with Gasteiger partial charge in [-0.3, -0.25) is 4.98 Å². The van der Waals surface area contributed by atoms with Gasteiger partial charge in [-0.1, -0.05) is 31.2 Å². The molecular weight excluding hydrogens is 197 g/mol. The summed E-state index contributed by atoms with van der Waals surface area (Å²) in [6, 6.07) is 4.21. The smallest absolute Gasteiger partial charge is 0.153 e. The number of ether oxygens (including phenoxy) is 1. The predicted molar refractivity (Wildman–Crippen MR) is 69.5 cm³/mol. The molecule has 1 heterocycles. The lowest BCUT2D eigenvalue weighted by Crippen LogP contribution is -2.26. The highest BCUT2D eigenvalue weighted by Crippen LogP contribution is 2.13. The van der Waals surface area contributed by atoms with E-state index in [1.807, 2.05) is 6.20 Å². The van der Waals surface area contributed by atoms with Crippen LogP contribution in [0.25, 0.3) is 0 Å². The van der Waals surface area contributed by atoms with Gasteiger partial charge in [0.2, 0.25) is 0 Å². The number of aromatic nitrogens is 1. The summed E-state index contributed by atoms with van der Waals surface area (Å²) in [5.41, 5.74) is 2.16. The molecule has 0 bridgehead atoms. The minimum absolute atomic E-state index is 0.137. The van der Waals surface area contributed by atoms with Crippen molar-refractivity contribution in [2.75, 3.05) is 7.11 Å². The Morgan fingerprint density at radius 3 is 2.62 bits per heavy atom. The lowest BCUT2D eigenvalue weighted by atomic mass is 9.67. The van der Waals surface area contributed by atoms with Crippen LogP contribution in [0, 0.1) is 0 Å². The van der Waals surface area contributed by atoms with Crippen LogP contribution in [0.3, 0.4) is 0 Å². The van der Waals surface area contributed by atoms with Gasteiger partial charge in [0.1, 0.15) is 0 Å². The van der Waals surface area contributed by atoms with Gasteiger partial charge in [0, 0.05) is 25.4 Å². The number of rotatable bonds is 6. The summed E-state index contributed by atoms with van der Waals surface area (Å²) in [5, 5.41) is 0. The minimum atomic E-state index is -0.137. The third kappa shape index (κ3) is 4.36. The molecule has 0 aliphatic heterocycles. The van der Waals surface area contributed by atoms with Crippen molar-refractivity contribution in [1.29, 1.82) is 0 Å². The molecule has 0 unspecified atom stereocenters. The van der Waals surface area contributed by atoms with Gasteiger partial charge in [-0.25, -0.2) is 0 Å². The zero-order valence-electron chi connectivity index (χ0n) is 10.8. The number of hydrogen-bond acceptors (Lipinski definition) is 2. The average Bonchev–Trinajstić information content (AvgIpc) is 2.28. The maximum Gasteiger partial charge on any atom is 0.153 e. The third-order valence-electron chi connectivity index (χ3n) is 2.68. The summed E-state index contributed by atoms with van der Waals surface area (Å²) in [6.45, 7) is 6.33. The van der Waals surface area contributed by atoms with Crippen molar-refractivity contribution in [3.63, 3.8) is 0 Å². The number of hydrogen-bond donors (Lipinski definition) is 0. The molecule has 0 N–H and O–H groups in total. The quantitative estimate of drug-likeness (QED) is 0.683. The topological polar surface area (TPSA) is 22.1 Å². The molecule has 0 spiro atoms. The summed E-state index contributed by atoms with van der Waals surface area (Å²) in [5.74, 6) is 0. The van der Waals surface area contributed by atoms with Crippen molar-refractivity contribution in [3.8, 4) is 0 Å². The fourth-order valence-electron chi connectivity index (χ4n) is 1.48. The van der Waals surface area contributed by atoms with Crippen LogP contribution >= 0.6 is 0 Å². The highest BCUT2D eigenvalue weighted by Gasteiger charge is 2.17. The molecule has 0 amide bonds. The first-order valence-corrected chi connectivity index (χ1v) is 5.90. The van der Waals surface area contributed by atoms with E-state index in [0.717, 1.165) is 18.4 Å². The second-order valence-corrected chi connectivity index (χ2v) is 4.72. The van der Waals surface area contributed by atoms with Crippen LogP contribution in [0.15, 0.2) is 18.3 Å². The fourth-order valence-corrected chi connectivity index (χ4v) is 1.48. The molecule has 1 aromatic rings. The molecule has 0 aliphatic carbocycles. The highest BCUT2D eigenvalue weighted by molar-refractivity contribution is 6.53. The van der Waals surface area contributed by atoms with E-state index in [2.05, 4.69) is 45.2 Å². The van der Waals surface area contributed by atoms with Crippen LogP contribution in [0.4, 0.5) is 0 Å². The molecule has 0 aromatic carbocycles. The Labute approximate surface area is 99.7 Å². The van der Waals surface area contributed by atoms with E-state index < -0.39 is 0 Å². The molecule has 1 rings (SSSR count). The van der Waals surface area contributed by atoms with E-state index in [1.165, 1.54) is 11.9 Å². The largest absolute Gasteiger partial charge is 0.378 e. The molecule has 2 nitrogen and oxygen atoms in total. The van der Waals surface area contributed by atoms with Gasteiger partial charge in [-0.05, 0) is 19.9 Å². The Hall–Kier alpha value is -0.825. The molecule has 0 atom stereocenters. The summed E-state index contributed by atoms with van der Waals surface area (Å²) < 4.78 is 5.39. The van der Waals surface area contributed by atoms with Gasteiger partial charge in [0.15, 0.2) is 7.28 Å². The first kappa shape index (κ1) is 13.2.